The van der Waals surface area contributed by atoms with Gasteiger partial charge < -0.3 is 9.84 Å². The van der Waals surface area contributed by atoms with Gasteiger partial charge in [-0.05, 0) is 28.8 Å². The maximum atomic E-state index is 11.4. The lowest BCUT2D eigenvalue weighted by molar-refractivity contribution is -0.144. The second-order valence-corrected chi connectivity index (χ2v) is 4.57. The minimum absolute atomic E-state index is 0.290. The van der Waals surface area contributed by atoms with Gasteiger partial charge in [-0.25, -0.2) is 0 Å². The zero-order valence-corrected chi connectivity index (χ0v) is 11.8. The number of hydrogen-bond donors (Lipinski definition) is 2. The molecule has 0 aliphatic rings. The van der Waals surface area contributed by atoms with E-state index in [0.29, 0.717) is 6.54 Å². The molecule has 1 atom stereocenters. The predicted molar refractivity (Wildman–Crippen MR) is 79.4 cm³/mol. The lowest BCUT2D eigenvalue weighted by atomic mass is 10.1. The Hall–Kier alpha value is -2.24. The first-order chi connectivity index (χ1) is 10.2. The summed E-state index contributed by atoms with van der Waals surface area (Å²) in [4.78, 5) is 15.3. The summed E-state index contributed by atoms with van der Waals surface area (Å²) in [7, 11) is 1.30. The molecule has 21 heavy (non-hydrogen) atoms. The van der Waals surface area contributed by atoms with Gasteiger partial charge in [0, 0.05) is 18.9 Å². The summed E-state index contributed by atoms with van der Waals surface area (Å²) in [5, 5.41) is 12.1. The van der Waals surface area contributed by atoms with Crippen molar-refractivity contribution in [2.75, 3.05) is 13.7 Å². The summed E-state index contributed by atoms with van der Waals surface area (Å²) in [6.07, 6.45) is 3.51. The number of nitrogens with zero attached hydrogens (tertiary/aromatic N) is 1. The monoisotopic (exact) mass is 286 g/mol. The fourth-order valence-corrected chi connectivity index (χ4v) is 1.97. The summed E-state index contributed by atoms with van der Waals surface area (Å²) >= 11 is 0. The molecule has 1 aromatic heterocycles. The number of carbonyl (C=O) groups is 1. The van der Waals surface area contributed by atoms with E-state index in [1.807, 2.05) is 36.4 Å². The number of pyridine rings is 1. The number of rotatable bonds is 6. The molecule has 2 aromatic rings. The van der Waals surface area contributed by atoms with Crippen molar-refractivity contribution in [1.29, 1.82) is 0 Å². The molecule has 0 aliphatic carbocycles. The standard InChI is InChI=1S/C16H18N2O3/c1-21-16(20)15(11-19)18-10-12-2-4-13(5-3-12)14-6-8-17-9-7-14/h2-9,15,18-19H,10-11H2,1H3. The normalized spacial score (nSPS) is 11.9. The Balaban J connectivity index is 1.98. The molecular weight excluding hydrogens is 268 g/mol. The van der Waals surface area contributed by atoms with Crippen LogP contribution in [0, 0.1) is 0 Å². The van der Waals surface area contributed by atoms with Crippen LogP contribution in [-0.2, 0) is 16.1 Å². The molecule has 1 unspecified atom stereocenters. The lowest BCUT2D eigenvalue weighted by Crippen LogP contribution is -2.40. The highest BCUT2D eigenvalue weighted by molar-refractivity contribution is 5.75. The average molecular weight is 286 g/mol. The van der Waals surface area contributed by atoms with Crippen molar-refractivity contribution in [3.05, 3.63) is 54.4 Å². The summed E-state index contributed by atoms with van der Waals surface area (Å²) < 4.78 is 4.60. The Morgan fingerprint density at radius 1 is 1.19 bits per heavy atom. The van der Waals surface area contributed by atoms with Gasteiger partial charge in [-0.2, -0.15) is 0 Å². The number of ether oxygens (including phenoxy) is 1. The largest absolute Gasteiger partial charge is 0.468 e. The molecule has 0 aliphatic heterocycles. The number of aliphatic hydroxyl groups excluding tert-OH is 1. The van der Waals surface area contributed by atoms with Crippen LogP contribution < -0.4 is 5.32 Å². The van der Waals surface area contributed by atoms with Crippen molar-refractivity contribution in [2.45, 2.75) is 12.6 Å². The second-order valence-electron chi connectivity index (χ2n) is 4.57. The van der Waals surface area contributed by atoms with E-state index in [9.17, 15) is 4.79 Å². The van der Waals surface area contributed by atoms with Crippen molar-refractivity contribution in [1.82, 2.24) is 10.3 Å². The molecule has 0 fully saturated rings. The van der Waals surface area contributed by atoms with E-state index in [0.717, 1.165) is 16.7 Å². The topological polar surface area (TPSA) is 71.5 Å². The van der Waals surface area contributed by atoms with Gasteiger partial charge >= 0.3 is 5.97 Å². The predicted octanol–water partition coefficient (Wildman–Crippen LogP) is 1.37. The van der Waals surface area contributed by atoms with Crippen molar-refractivity contribution in [3.63, 3.8) is 0 Å². The van der Waals surface area contributed by atoms with Crippen LogP contribution >= 0.6 is 0 Å². The van der Waals surface area contributed by atoms with Crippen LogP contribution in [0.4, 0.5) is 0 Å². The number of carbonyl (C=O) groups excluding carboxylic acids is 1. The smallest absolute Gasteiger partial charge is 0.325 e. The van der Waals surface area contributed by atoms with Gasteiger partial charge in [0.2, 0.25) is 0 Å². The molecule has 1 aromatic carbocycles. The van der Waals surface area contributed by atoms with E-state index in [-0.39, 0.29) is 6.61 Å². The van der Waals surface area contributed by atoms with Crippen molar-refractivity contribution in [3.8, 4) is 11.1 Å². The number of esters is 1. The molecular formula is C16H18N2O3. The molecule has 0 radical (unpaired) electrons. The third-order valence-electron chi connectivity index (χ3n) is 3.19. The molecule has 1 heterocycles. The van der Waals surface area contributed by atoms with E-state index in [1.54, 1.807) is 12.4 Å². The zero-order valence-electron chi connectivity index (χ0n) is 11.8. The van der Waals surface area contributed by atoms with Crippen LogP contribution in [0.2, 0.25) is 0 Å². The molecule has 0 amide bonds. The van der Waals surface area contributed by atoms with Gasteiger partial charge in [-0.3, -0.25) is 15.1 Å². The van der Waals surface area contributed by atoms with Crippen LogP contribution in [0.5, 0.6) is 0 Å². The molecule has 5 nitrogen and oxygen atoms in total. The van der Waals surface area contributed by atoms with Crippen LogP contribution in [0.25, 0.3) is 11.1 Å². The highest BCUT2D eigenvalue weighted by Gasteiger charge is 2.16. The highest BCUT2D eigenvalue weighted by Crippen LogP contribution is 2.18. The Kier molecular flexibility index (Phi) is 5.43. The number of methoxy groups -OCH3 is 1. The molecule has 0 bridgehead atoms. The van der Waals surface area contributed by atoms with E-state index < -0.39 is 12.0 Å². The van der Waals surface area contributed by atoms with Gasteiger partial charge in [0.05, 0.1) is 13.7 Å². The molecule has 2 N–H and O–H groups in total. The minimum Gasteiger partial charge on any atom is -0.468 e. The summed E-state index contributed by atoms with van der Waals surface area (Å²) in [6, 6.07) is 11.2. The van der Waals surface area contributed by atoms with Gasteiger partial charge in [0.25, 0.3) is 0 Å². The van der Waals surface area contributed by atoms with E-state index in [4.69, 9.17) is 5.11 Å². The van der Waals surface area contributed by atoms with Crippen molar-refractivity contribution >= 4 is 5.97 Å². The van der Waals surface area contributed by atoms with Gasteiger partial charge in [-0.15, -0.1) is 0 Å². The number of aromatic nitrogens is 1. The Morgan fingerprint density at radius 2 is 1.81 bits per heavy atom. The average Bonchev–Trinajstić information content (AvgIpc) is 2.56. The fraction of sp³-hybridized carbons (Fsp3) is 0.250. The van der Waals surface area contributed by atoms with Crippen molar-refractivity contribution in [2.24, 2.45) is 0 Å². The molecule has 2 rings (SSSR count). The maximum Gasteiger partial charge on any atom is 0.325 e. The first kappa shape index (κ1) is 15.2. The molecule has 0 saturated heterocycles. The first-order valence-corrected chi connectivity index (χ1v) is 6.66. The van der Waals surface area contributed by atoms with Gasteiger partial charge in [0.1, 0.15) is 6.04 Å². The zero-order chi connectivity index (χ0) is 15.1. The summed E-state index contributed by atoms with van der Waals surface area (Å²) in [5.74, 6) is -0.467. The third-order valence-corrected chi connectivity index (χ3v) is 3.19. The van der Waals surface area contributed by atoms with E-state index >= 15 is 0 Å². The van der Waals surface area contributed by atoms with Crippen LogP contribution in [0.15, 0.2) is 48.8 Å². The van der Waals surface area contributed by atoms with Crippen LogP contribution in [-0.4, -0.2) is 35.8 Å². The quantitative estimate of drug-likeness (QED) is 0.785. The van der Waals surface area contributed by atoms with Crippen LogP contribution in [0.3, 0.4) is 0 Å². The Bertz CT molecular complexity index is 570. The van der Waals surface area contributed by atoms with Crippen molar-refractivity contribution < 1.29 is 14.6 Å². The number of benzene rings is 1. The Morgan fingerprint density at radius 3 is 2.38 bits per heavy atom. The molecule has 0 saturated carbocycles. The maximum absolute atomic E-state index is 11.4. The molecule has 5 heteroatoms. The number of nitrogens with one attached hydrogen (secondary N) is 1. The van der Waals surface area contributed by atoms with E-state index in [2.05, 4.69) is 15.0 Å². The molecule has 110 valence electrons. The molecule has 0 spiro atoms. The second kappa shape index (κ2) is 7.52. The summed E-state index contributed by atoms with van der Waals surface area (Å²) in [6.45, 7) is 0.193. The first-order valence-electron chi connectivity index (χ1n) is 6.66. The van der Waals surface area contributed by atoms with Gasteiger partial charge in [0.15, 0.2) is 0 Å². The number of hydrogen-bond acceptors (Lipinski definition) is 5. The number of aliphatic hydroxyl groups is 1. The summed E-state index contributed by atoms with van der Waals surface area (Å²) in [5.41, 5.74) is 3.23. The van der Waals surface area contributed by atoms with Gasteiger partial charge in [-0.1, -0.05) is 24.3 Å². The third kappa shape index (κ3) is 4.11. The lowest BCUT2D eigenvalue weighted by Gasteiger charge is -2.14. The SMILES string of the molecule is COC(=O)C(CO)NCc1ccc(-c2ccncc2)cc1. The minimum atomic E-state index is -0.699. The van der Waals surface area contributed by atoms with Crippen LogP contribution in [0.1, 0.15) is 5.56 Å². The fourth-order valence-electron chi connectivity index (χ4n) is 1.97. The Labute approximate surface area is 123 Å². The highest BCUT2D eigenvalue weighted by atomic mass is 16.5. The van der Waals surface area contributed by atoms with E-state index in [1.165, 1.54) is 7.11 Å².